The summed E-state index contributed by atoms with van der Waals surface area (Å²) in [7, 11) is -2.69. The van der Waals surface area contributed by atoms with Crippen LogP contribution in [0.4, 0.5) is 5.69 Å². The Morgan fingerprint density at radius 3 is 2.56 bits per heavy atom. The Balaban J connectivity index is 1.71. The number of amides is 1. The molecule has 2 aromatic carbocycles. The topological polar surface area (TPSA) is 84.9 Å². The highest BCUT2D eigenvalue weighted by molar-refractivity contribution is 7.89. The van der Waals surface area contributed by atoms with Crippen molar-refractivity contribution in [2.24, 2.45) is 0 Å². The summed E-state index contributed by atoms with van der Waals surface area (Å²) in [4.78, 5) is 12.1. The van der Waals surface area contributed by atoms with E-state index in [0.717, 1.165) is 4.31 Å². The van der Waals surface area contributed by atoms with E-state index in [1.807, 2.05) is 0 Å². The second-order valence-corrected chi connectivity index (χ2v) is 8.60. The van der Waals surface area contributed by atoms with Gasteiger partial charge in [-0.15, -0.1) is 0 Å². The lowest BCUT2D eigenvalue weighted by Gasteiger charge is -2.20. The molecule has 3 rings (SSSR count). The van der Waals surface area contributed by atoms with E-state index in [2.05, 4.69) is 5.32 Å². The fourth-order valence-electron chi connectivity index (χ4n) is 2.45. The number of nitrogens with zero attached hydrogens (tertiary/aromatic N) is 1. The SMILES string of the molecule is CN(CC(=O)Nc1ccc2c(c1)OCCO2)S(=O)(=O)c1cc(Cl)ccc1Cl. The van der Waals surface area contributed by atoms with Crippen LogP contribution < -0.4 is 14.8 Å². The molecule has 27 heavy (non-hydrogen) atoms. The molecule has 1 N–H and O–H groups in total. The monoisotopic (exact) mass is 430 g/mol. The largest absolute Gasteiger partial charge is 0.486 e. The Labute approximate surface area is 166 Å². The van der Waals surface area contributed by atoms with Gasteiger partial charge < -0.3 is 14.8 Å². The number of hydrogen-bond acceptors (Lipinski definition) is 5. The first-order valence-electron chi connectivity index (χ1n) is 7.88. The summed E-state index contributed by atoms with van der Waals surface area (Å²) < 4.78 is 37.1. The van der Waals surface area contributed by atoms with E-state index in [-0.39, 0.29) is 14.9 Å². The molecule has 0 aromatic heterocycles. The van der Waals surface area contributed by atoms with E-state index in [1.165, 1.54) is 25.2 Å². The summed E-state index contributed by atoms with van der Waals surface area (Å²) in [5.74, 6) is 0.594. The molecule has 1 amide bonds. The zero-order chi connectivity index (χ0) is 19.6. The zero-order valence-electron chi connectivity index (χ0n) is 14.2. The summed E-state index contributed by atoms with van der Waals surface area (Å²) in [6.07, 6.45) is 0. The summed E-state index contributed by atoms with van der Waals surface area (Å²) in [5, 5.41) is 2.89. The number of carbonyl (C=O) groups is 1. The smallest absolute Gasteiger partial charge is 0.244 e. The third-order valence-electron chi connectivity index (χ3n) is 3.77. The molecule has 1 aliphatic heterocycles. The van der Waals surface area contributed by atoms with Crippen LogP contribution in [0.3, 0.4) is 0 Å². The van der Waals surface area contributed by atoms with Crippen LogP contribution in [-0.2, 0) is 14.8 Å². The minimum atomic E-state index is -3.98. The summed E-state index contributed by atoms with van der Waals surface area (Å²) in [5.41, 5.74) is 0.468. The number of ether oxygens (including phenoxy) is 2. The summed E-state index contributed by atoms with van der Waals surface area (Å²) >= 11 is 11.8. The van der Waals surface area contributed by atoms with Gasteiger partial charge in [-0.05, 0) is 30.3 Å². The van der Waals surface area contributed by atoms with E-state index in [0.29, 0.717) is 30.4 Å². The van der Waals surface area contributed by atoms with Crippen molar-refractivity contribution in [3.8, 4) is 11.5 Å². The fraction of sp³-hybridized carbons (Fsp3) is 0.235. The molecule has 1 heterocycles. The second-order valence-electron chi connectivity index (χ2n) is 5.74. The van der Waals surface area contributed by atoms with E-state index in [4.69, 9.17) is 32.7 Å². The number of hydrogen-bond donors (Lipinski definition) is 1. The molecule has 0 radical (unpaired) electrons. The molecule has 1 aliphatic rings. The van der Waals surface area contributed by atoms with Gasteiger partial charge in [0.2, 0.25) is 15.9 Å². The number of benzene rings is 2. The quantitative estimate of drug-likeness (QED) is 0.787. The van der Waals surface area contributed by atoms with Crippen molar-refractivity contribution in [2.45, 2.75) is 4.90 Å². The van der Waals surface area contributed by atoms with Crippen molar-refractivity contribution in [2.75, 3.05) is 32.1 Å². The average molecular weight is 431 g/mol. The molecule has 7 nitrogen and oxygen atoms in total. The lowest BCUT2D eigenvalue weighted by molar-refractivity contribution is -0.116. The lowest BCUT2D eigenvalue weighted by atomic mass is 10.2. The minimum absolute atomic E-state index is 0.0264. The van der Waals surface area contributed by atoms with Gasteiger partial charge in [-0.2, -0.15) is 4.31 Å². The predicted octanol–water partition coefficient (Wildman–Crippen LogP) is 3.02. The molecule has 0 fully saturated rings. The molecule has 0 bridgehead atoms. The molecule has 0 atom stereocenters. The Morgan fingerprint density at radius 2 is 1.81 bits per heavy atom. The highest BCUT2D eigenvalue weighted by atomic mass is 35.5. The highest BCUT2D eigenvalue weighted by Crippen LogP contribution is 2.32. The standard InChI is InChI=1S/C17H16Cl2N2O5S/c1-21(27(23,24)16-8-11(18)2-4-13(16)19)10-17(22)20-12-3-5-14-15(9-12)26-7-6-25-14/h2-5,8-9H,6-7,10H2,1H3,(H,20,22). The normalized spacial score (nSPS) is 13.5. The van der Waals surface area contributed by atoms with E-state index >= 15 is 0 Å². The van der Waals surface area contributed by atoms with Crippen LogP contribution in [0.15, 0.2) is 41.3 Å². The molecule has 0 aliphatic carbocycles. The maximum Gasteiger partial charge on any atom is 0.244 e. The minimum Gasteiger partial charge on any atom is -0.486 e. The molecule has 10 heteroatoms. The number of halogens is 2. The second kappa shape index (κ2) is 7.93. The van der Waals surface area contributed by atoms with Gasteiger partial charge in [0.05, 0.1) is 11.6 Å². The van der Waals surface area contributed by atoms with Crippen molar-refractivity contribution >= 4 is 44.8 Å². The molecule has 0 saturated carbocycles. The van der Waals surface area contributed by atoms with Crippen molar-refractivity contribution in [1.82, 2.24) is 4.31 Å². The molecule has 144 valence electrons. The lowest BCUT2D eigenvalue weighted by Crippen LogP contribution is -2.35. The van der Waals surface area contributed by atoms with Gasteiger partial charge >= 0.3 is 0 Å². The van der Waals surface area contributed by atoms with Gasteiger partial charge in [-0.25, -0.2) is 8.42 Å². The van der Waals surface area contributed by atoms with Gasteiger partial charge in [-0.1, -0.05) is 23.2 Å². The van der Waals surface area contributed by atoms with Crippen LogP contribution in [0, 0.1) is 0 Å². The van der Waals surface area contributed by atoms with Crippen LogP contribution >= 0.6 is 23.2 Å². The number of anilines is 1. The maximum absolute atomic E-state index is 12.7. The van der Waals surface area contributed by atoms with Crippen LogP contribution in [0.1, 0.15) is 0 Å². The average Bonchev–Trinajstić information content (AvgIpc) is 2.63. The Bertz CT molecular complexity index is 981. The number of fused-ring (bicyclic) bond motifs is 1. The predicted molar refractivity (Wildman–Crippen MR) is 102 cm³/mol. The highest BCUT2D eigenvalue weighted by Gasteiger charge is 2.26. The molecule has 2 aromatic rings. The number of carbonyl (C=O) groups excluding carboxylic acids is 1. The van der Waals surface area contributed by atoms with Gasteiger partial charge in [0, 0.05) is 23.8 Å². The molecular formula is C17H16Cl2N2O5S. The third-order valence-corrected chi connectivity index (χ3v) is 6.29. The van der Waals surface area contributed by atoms with Crippen LogP contribution in [0.5, 0.6) is 11.5 Å². The fourth-order valence-corrected chi connectivity index (χ4v) is 4.31. The van der Waals surface area contributed by atoms with Gasteiger partial charge in [0.15, 0.2) is 11.5 Å². The van der Waals surface area contributed by atoms with Crippen molar-refractivity contribution in [3.05, 3.63) is 46.4 Å². The van der Waals surface area contributed by atoms with Gasteiger partial charge in [0.1, 0.15) is 18.1 Å². The summed E-state index contributed by atoms with van der Waals surface area (Å²) in [6, 6.07) is 9.06. The summed E-state index contributed by atoms with van der Waals surface area (Å²) in [6.45, 7) is 0.485. The van der Waals surface area contributed by atoms with Gasteiger partial charge in [0.25, 0.3) is 0 Å². The van der Waals surface area contributed by atoms with Crippen LogP contribution in [0.2, 0.25) is 10.0 Å². The first-order chi connectivity index (χ1) is 12.8. The van der Waals surface area contributed by atoms with Crippen LogP contribution in [0.25, 0.3) is 0 Å². The Morgan fingerprint density at radius 1 is 1.11 bits per heavy atom. The first-order valence-corrected chi connectivity index (χ1v) is 10.1. The molecule has 0 spiro atoms. The van der Waals surface area contributed by atoms with Crippen molar-refractivity contribution in [3.63, 3.8) is 0 Å². The number of likely N-dealkylation sites (N-methyl/N-ethyl adjacent to an activating group) is 1. The Hall–Kier alpha value is -2.00. The number of nitrogens with one attached hydrogen (secondary N) is 1. The molecular weight excluding hydrogens is 415 g/mol. The van der Waals surface area contributed by atoms with E-state index in [9.17, 15) is 13.2 Å². The first kappa shape index (κ1) is 19.8. The van der Waals surface area contributed by atoms with Crippen molar-refractivity contribution in [1.29, 1.82) is 0 Å². The van der Waals surface area contributed by atoms with E-state index in [1.54, 1.807) is 18.2 Å². The van der Waals surface area contributed by atoms with Crippen LogP contribution in [-0.4, -0.2) is 45.4 Å². The zero-order valence-corrected chi connectivity index (χ0v) is 16.6. The van der Waals surface area contributed by atoms with Gasteiger partial charge in [-0.3, -0.25) is 4.79 Å². The number of rotatable bonds is 5. The molecule has 0 unspecified atom stereocenters. The number of sulfonamides is 1. The van der Waals surface area contributed by atoms with E-state index < -0.39 is 22.5 Å². The molecule has 0 saturated heterocycles. The maximum atomic E-state index is 12.7. The third kappa shape index (κ3) is 4.47. The Kier molecular flexibility index (Phi) is 5.81. The van der Waals surface area contributed by atoms with Crippen molar-refractivity contribution < 1.29 is 22.7 Å².